The summed E-state index contributed by atoms with van der Waals surface area (Å²) in [5.41, 5.74) is 5.18. The van der Waals surface area contributed by atoms with Gasteiger partial charge in [-0.05, 0) is 31.9 Å². The Morgan fingerprint density at radius 2 is 2.29 bits per heavy atom. The van der Waals surface area contributed by atoms with E-state index in [2.05, 4.69) is 5.32 Å². The van der Waals surface area contributed by atoms with Crippen molar-refractivity contribution >= 4 is 28.8 Å². The first kappa shape index (κ1) is 14.5. The molecule has 3 nitrogen and oxygen atoms in total. The van der Waals surface area contributed by atoms with Crippen molar-refractivity contribution in [2.45, 2.75) is 26.7 Å². The SMILES string of the molecule is CCC(C)(CN)C(=O)NCCc1ccc(Cl)s1. The molecular formula is C12H19ClN2OS. The molecule has 0 aromatic carbocycles. The third-order valence-electron chi connectivity index (χ3n) is 3.06. The maximum absolute atomic E-state index is 11.9. The second-order valence-electron chi connectivity index (χ2n) is 4.33. The van der Waals surface area contributed by atoms with Crippen LogP contribution < -0.4 is 11.1 Å². The number of carbonyl (C=O) groups is 1. The van der Waals surface area contributed by atoms with Crippen LogP contribution in [-0.2, 0) is 11.2 Å². The van der Waals surface area contributed by atoms with Gasteiger partial charge in [0, 0.05) is 18.0 Å². The van der Waals surface area contributed by atoms with Crippen LogP contribution >= 0.6 is 22.9 Å². The van der Waals surface area contributed by atoms with Crippen LogP contribution in [0.4, 0.5) is 0 Å². The maximum atomic E-state index is 11.9. The zero-order valence-electron chi connectivity index (χ0n) is 10.3. The second-order valence-corrected chi connectivity index (χ2v) is 6.13. The Morgan fingerprint density at radius 3 is 2.76 bits per heavy atom. The third-order valence-corrected chi connectivity index (χ3v) is 4.36. The molecule has 0 saturated heterocycles. The van der Waals surface area contributed by atoms with E-state index in [0.29, 0.717) is 13.1 Å². The minimum Gasteiger partial charge on any atom is -0.355 e. The monoisotopic (exact) mass is 274 g/mol. The molecule has 0 spiro atoms. The fourth-order valence-corrected chi connectivity index (χ4v) is 2.48. The first-order valence-corrected chi connectivity index (χ1v) is 6.94. The normalized spacial score (nSPS) is 14.4. The van der Waals surface area contributed by atoms with E-state index in [1.165, 1.54) is 4.88 Å². The third kappa shape index (κ3) is 3.98. The Labute approximate surface area is 111 Å². The van der Waals surface area contributed by atoms with Gasteiger partial charge in [0.05, 0.1) is 9.75 Å². The van der Waals surface area contributed by atoms with E-state index in [1.807, 2.05) is 26.0 Å². The zero-order chi connectivity index (χ0) is 12.9. The molecule has 1 atom stereocenters. The molecule has 1 rings (SSSR count). The lowest BCUT2D eigenvalue weighted by molar-refractivity contribution is -0.129. The number of amides is 1. The fraction of sp³-hybridized carbons (Fsp3) is 0.583. The molecule has 96 valence electrons. The maximum Gasteiger partial charge on any atom is 0.227 e. The Balaban J connectivity index is 2.38. The smallest absolute Gasteiger partial charge is 0.227 e. The lowest BCUT2D eigenvalue weighted by Gasteiger charge is -2.24. The average molecular weight is 275 g/mol. The zero-order valence-corrected chi connectivity index (χ0v) is 11.8. The summed E-state index contributed by atoms with van der Waals surface area (Å²) < 4.78 is 0.784. The summed E-state index contributed by atoms with van der Waals surface area (Å²) in [7, 11) is 0. The molecule has 3 N–H and O–H groups in total. The number of rotatable bonds is 6. The predicted molar refractivity (Wildman–Crippen MR) is 73.5 cm³/mol. The Bertz CT molecular complexity index is 374. The van der Waals surface area contributed by atoms with Crippen molar-refractivity contribution in [3.8, 4) is 0 Å². The molecule has 0 saturated carbocycles. The van der Waals surface area contributed by atoms with Crippen molar-refractivity contribution in [3.63, 3.8) is 0 Å². The van der Waals surface area contributed by atoms with Gasteiger partial charge in [-0.15, -0.1) is 11.3 Å². The Morgan fingerprint density at radius 1 is 1.59 bits per heavy atom. The van der Waals surface area contributed by atoms with Gasteiger partial charge in [-0.3, -0.25) is 4.79 Å². The van der Waals surface area contributed by atoms with Crippen molar-refractivity contribution in [1.29, 1.82) is 0 Å². The summed E-state index contributed by atoms with van der Waals surface area (Å²) in [6.45, 7) is 4.88. The van der Waals surface area contributed by atoms with Crippen LogP contribution in [-0.4, -0.2) is 19.0 Å². The van der Waals surface area contributed by atoms with Gasteiger partial charge < -0.3 is 11.1 Å². The second kappa shape index (κ2) is 6.38. The van der Waals surface area contributed by atoms with Gasteiger partial charge in [0.1, 0.15) is 0 Å². The molecule has 1 unspecified atom stereocenters. The Kier molecular flexibility index (Phi) is 5.43. The molecule has 1 heterocycles. The topological polar surface area (TPSA) is 55.1 Å². The number of hydrogen-bond acceptors (Lipinski definition) is 3. The summed E-state index contributed by atoms with van der Waals surface area (Å²) in [5.74, 6) is 0.0325. The van der Waals surface area contributed by atoms with Gasteiger partial charge in [-0.1, -0.05) is 18.5 Å². The van der Waals surface area contributed by atoms with Crippen molar-refractivity contribution in [2.75, 3.05) is 13.1 Å². The van der Waals surface area contributed by atoms with E-state index in [1.54, 1.807) is 11.3 Å². The minimum absolute atomic E-state index is 0.0325. The molecule has 1 aromatic heterocycles. The van der Waals surface area contributed by atoms with E-state index in [4.69, 9.17) is 17.3 Å². The quantitative estimate of drug-likeness (QED) is 0.837. The van der Waals surface area contributed by atoms with Crippen LogP contribution in [0.5, 0.6) is 0 Å². The summed E-state index contributed by atoms with van der Waals surface area (Å²) >= 11 is 7.38. The van der Waals surface area contributed by atoms with Crippen molar-refractivity contribution in [2.24, 2.45) is 11.1 Å². The predicted octanol–water partition coefficient (Wildman–Crippen LogP) is 2.44. The summed E-state index contributed by atoms with van der Waals surface area (Å²) in [5, 5.41) is 2.93. The number of hydrogen-bond donors (Lipinski definition) is 2. The number of thiophene rings is 1. The van der Waals surface area contributed by atoms with Gasteiger partial charge in [0.2, 0.25) is 5.91 Å². The van der Waals surface area contributed by atoms with E-state index in [0.717, 1.165) is 17.2 Å². The highest BCUT2D eigenvalue weighted by Crippen LogP contribution is 2.22. The summed E-state index contributed by atoms with van der Waals surface area (Å²) in [4.78, 5) is 13.1. The fourth-order valence-electron chi connectivity index (χ4n) is 1.40. The van der Waals surface area contributed by atoms with Crippen LogP contribution in [0.15, 0.2) is 12.1 Å². The minimum atomic E-state index is -0.451. The van der Waals surface area contributed by atoms with Crippen LogP contribution in [0.2, 0.25) is 4.34 Å². The molecule has 17 heavy (non-hydrogen) atoms. The van der Waals surface area contributed by atoms with Crippen LogP contribution in [0.3, 0.4) is 0 Å². The molecule has 0 aliphatic carbocycles. The van der Waals surface area contributed by atoms with Gasteiger partial charge in [0.25, 0.3) is 0 Å². The van der Waals surface area contributed by atoms with Gasteiger partial charge >= 0.3 is 0 Å². The molecule has 0 aliphatic rings. The summed E-state index contributed by atoms with van der Waals surface area (Å²) in [6.07, 6.45) is 1.56. The molecule has 0 aliphatic heterocycles. The van der Waals surface area contributed by atoms with E-state index in [-0.39, 0.29) is 5.91 Å². The van der Waals surface area contributed by atoms with Gasteiger partial charge in [-0.2, -0.15) is 0 Å². The standard InChI is InChI=1S/C12H19ClN2OS/c1-3-12(2,8-14)11(16)15-7-6-9-4-5-10(13)17-9/h4-5H,3,6-8,14H2,1-2H3,(H,15,16). The lowest BCUT2D eigenvalue weighted by atomic mass is 9.87. The van der Waals surface area contributed by atoms with Crippen LogP contribution in [0.1, 0.15) is 25.1 Å². The molecular weight excluding hydrogens is 256 g/mol. The average Bonchev–Trinajstić information content (AvgIpc) is 2.74. The first-order valence-electron chi connectivity index (χ1n) is 5.74. The van der Waals surface area contributed by atoms with E-state index >= 15 is 0 Å². The number of halogens is 1. The number of carbonyl (C=O) groups excluding carboxylic acids is 1. The molecule has 1 aromatic rings. The van der Waals surface area contributed by atoms with Crippen LogP contribution in [0, 0.1) is 5.41 Å². The Hall–Kier alpha value is -0.580. The number of nitrogens with two attached hydrogens (primary N) is 1. The van der Waals surface area contributed by atoms with Gasteiger partial charge in [-0.25, -0.2) is 0 Å². The first-order chi connectivity index (χ1) is 8.01. The van der Waals surface area contributed by atoms with E-state index in [9.17, 15) is 4.79 Å². The molecule has 0 bridgehead atoms. The molecule has 1 amide bonds. The highest BCUT2D eigenvalue weighted by atomic mass is 35.5. The molecule has 0 radical (unpaired) electrons. The molecule has 0 fully saturated rings. The van der Waals surface area contributed by atoms with Crippen LogP contribution in [0.25, 0.3) is 0 Å². The summed E-state index contributed by atoms with van der Waals surface area (Å²) in [6, 6.07) is 3.86. The highest BCUT2D eigenvalue weighted by molar-refractivity contribution is 7.16. The lowest BCUT2D eigenvalue weighted by Crippen LogP contribution is -2.44. The van der Waals surface area contributed by atoms with Crippen molar-refractivity contribution < 1.29 is 4.79 Å². The van der Waals surface area contributed by atoms with Crippen molar-refractivity contribution in [3.05, 3.63) is 21.3 Å². The molecule has 5 heteroatoms. The highest BCUT2D eigenvalue weighted by Gasteiger charge is 2.28. The van der Waals surface area contributed by atoms with Crippen molar-refractivity contribution in [1.82, 2.24) is 5.32 Å². The number of nitrogens with one attached hydrogen (secondary N) is 1. The van der Waals surface area contributed by atoms with Gasteiger partial charge in [0.15, 0.2) is 0 Å². The largest absolute Gasteiger partial charge is 0.355 e. The van der Waals surface area contributed by atoms with E-state index < -0.39 is 5.41 Å².